The standard InChI is InChI=1S/C18H20N2O2/c1-12(2)11-20-16(21)18(3,19-17(20)22)15-9-8-13-6-4-5-7-14(13)10-15/h4-10,12H,11H2,1-3H3,(H,19,22). The van der Waals surface area contributed by atoms with E-state index in [2.05, 4.69) is 5.32 Å². The molecule has 1 saturated heterocycles. The molecule has 1 fully saturated rings. The van der Waals surface area contributed by atoms with Gasteiger partial charge in [0.15, 0.2) is 0 Å². The van der Waals surface area contributed by atoms with Crippen LogP contribution >= 0.6 is 0 Å². The van der Waals surface area contributed by atoms with Gasteiger partial charge in [0.2, 0.25) is 0 Å². The number of hydrogen-bond donors (Lipinski definition) is 1. The number of amides is 3. The fourth-order valence-electron chi connectivity index (χ4n) is 2.92. The van der Waals surface area contributed by atoms with Gasteiger partial charge in [-0.3, -0.25) is 9.69 Å². The van der Waals surface area contributed by atoms with Crippen molar-refractivity contribution in [3.8, 4) is 0 Å². The largest absolute Gasteiger partial charge is 0.325 e. The molecule has 0 spiro atoms. The molecule has 22 heavy (non-hydrogen) atoms. The first kappa shape index (κ1) is 14.6. The van der Waals surface area contributed by atoms with E-state index in [4.69, 9.17) is 0 Å². The third-order valence-corrected chi connectivity index (χ3v) is 4.15. The van der Waals surface area contributed by atoms with Crippen LogP contribution in [0, 0.1) is 5.92 Å². The minimum absolute atomic E-state index is 0.179. The normalized spacial score (nSPS) is 21.7. The SMILES string of the molecule is CC(C)CN1C(=O)NC(C)(c2ccc3ccccc3c2)C1=O. The molecular weight excluding hydrogens is 276 g/mol. The summed E-state index contributed by atoms with van der Waals surface area (Å²) in [5, 5.41) is 5.03. The maximum Gasteiger partial charge on any atom is 0.325 e. The quantitative estimate of drug-likeness (QED) is 0.884. The molecule has 3 rings (SSSR count). The van der Waals surface area contributed by atoms with E-state index < -0.39 is 5.54 Å². The molecule has 1 aliphatic heterocycles. The summed E-state index contributed by atoms with van der Waals surface area (Å²) in [6.45, 7) is 6.20. The zero-order valence-electron chi connectivity index (χ0n) is 13.1. The summed E-state index contributed by atoms with van der Waals surface area (Å²) in [7, 11) is 0. The van der Waals surface area contributed by atoms with Crippen molar-refractivity contribution in [1.82, 2.24) is 10.2 Å². The minimum Gasteiger partial charge on any atom is -0.319 e. The van der Waals surface area contributed by atoms with Crippen molar-refractivity contribution in [1.29, 1.82) is 0 Å². The fraction of sp³-hybridized carbons (Fsp3) is 0.333. The smallest absolute Gasteiger partial charge is 0.319 e. The molecule has 0 saturated carbocycles. The van der Waals surface area contributed by atoms with Gasteiger partial charge in [-0.15, -0.1) is 0 Å². The number of imide groups is 1. The lowest BCUT2D eigenvalue weighted by atomic mass is 9.90. The lowest BCUT2D eigenvalue weighted by molar-refractivity contribution is -0.131. The summed E-state index contributed by atoms with van der Waals surface area (Å²) in [6.07, 6.45) is 0. The van der Waals surface area contributed by atoms with Crippen LogP contribution in [0.15, 0.2) is 42.5 Å². The number of rotatable bonds is 3. The van der Waals surface area contributed by atoms with Crippen LogP contribution in [-0.2, 0) is 10.3 Å². The summed E-state index contributed by atoms with van der Waals surface area (Å²) in [6, 6.07) is 13.6. The lowest BCUT2D eigenvalue weighted by Gasteiger charge is -2.23. The van der Waals surface area contributed by atoms with E-state index in [1.54, 1.807) is 6.92 Å². The fourth-order valence-corrected chi connectivity index (χ4v) is 2.92. The van der Waals surface area contributed by atoms with Gasteiger partial charge in [-0.25, -0.2) is 4.79 Å². The molecule has 1 N–H and O–H groups in total. The van der Waals surface area contributed by atoms with Gasteiger partial charge in [-0.05, 0) is 35.2 Å². The molecule has 2 aromatic rings. The van der Waals surface area contributed by atoms with E-state index in [-0.39, 0.29) is 17.9 Å². The highest BCUT2D eigenvalue weighted by Gasteiger charge is 2.48. The van der Waals surface area contributed by atoms with Crippen LogP contribution in [0.4, 0.5) is 4.79 Å². The third kappa shape index (κ3) is 2.25. The van der Waals surface area contributed by atoms with E-state index in [1.807, 2.05) is 56.3 Å². The predicted octanol–water partition coefficient (Wildman–Crippen LogP) is 3.26. The molecule has 3 amide bonds. The summed E-state index contributed by atoms with van der Waals surface area (Å²) in [5.74, 6) is 0.0649. The maximum atomic E-state index is 12.8. The molecule has 4 nitrogen and oxygen atoms in total. The van der Waals surface area contributed by atoms with E-state index in [0.29, 0.717) is 6.54 Å². The van der Waals surface area contributed by atoms with E-state index in [9.17, 15) is 9.59 Å². The van der Waals surface area contributed by atoms with Crippen molar-refractivity contribution in [3.63, 3.8) is 0 Å². The Hall–Kier alpha value is -2.36. The van der Waals surface area contributed by atoms with E-state index >= 15 is 0 Å². The molecule has 1 heterocycles. The van der Waals surface area contributed by atoms with Gasteiger partial charge in [-0.1, -0.05) is 50.2 Å². The Morgan fingerprint density at radius 1 is 1.09 bits per heavy atom. The van der Waals surface area contributed by atoms with Crippen molar-refractivity contribution in [2.24, 2.45) is 5.92 Å². The highest BCUT2D eigenvalue weighted by Crippen LogP contribution is 2.31. The molecule has 0 aromatic heterocycles. The van der Waals surface area contributed by atoms with Crippen LogP contribution in [-0.4, -0.2) is 23.4 Å². The Morgan fingerprint density at radius 3 is 2.45 bits per heavy atom. The van der Waals surface area contributed by atoms with E-state index in [0.717, 1.165) is 16.3 Å². The Morgan fingerprint density at radius 2 is 1.77 bits per heavy atom. The average molecular weight is 296 g/mol. The van der Waals surface area contributed by atoms with Gasteiger partial charge in [0.25, 0.3) is 5.91 Å². The second-order valence-electron chi connectivity index (χ2n) is 6.43. The van der Waals surface area contributed by atoms with Gasteiger partial charge in [0, 0.05) is 6.54 Å². The van der Waals surface area contributed by atoms with E-state index in [1.165, 1.54) is 4.90 Å². The van der Waals surface area contributed by atoms with Crippen molar-refractivity contribution in [2.75, 3.05) is 6.54 Å². The summed E-state index contributed by atoms with van der Waals surface area (Å²) >= 11 is 0. The Labute approximate surface area is 130 Å². The minimum atomic E-state index is -0.990. The zero-order chi connectivity index (χ0) is 15.9. The number of nitrogens with zero attached hydrogens (tertiary/aromatic N) is 1. The molecule has 0 radical (unpaired) electrons. The molecule has 0 aliphatic carbocycles. The first-order valence-electron chi connectivity index (χ1n) is 7.55. The Kier molecular flexibility index (Phi) is 3.39. The molecular formula is C18H20N2O2. The zero-order valence-corrected chi connectivity index (χ0v) is 13.1. The van der Waals surface area contributed by atoms with Gasteiger partial charge < -0.3 is 5.32 Å². The van der Waals surface area contributed by atoms with Crippen LogP contribution in [0.1, 0.15) is 26.3 Å². The molecule has 2 aromatic carbocycles. The first-order valence-corrected chi connectivity index (χ1v) is 7.55. The first-order chi connectivity index (χ1) is 10.4. The third-order valence-electron chi connectivity index (χ3n) is 4.15. The number of urea groups is 1. The second kappa shape index (κ2) is 5.13. The van der Waals surface area contributed by atoms with Crippen LogP contribution in [0.3, 0.4) is 0 Å². The Bertz CT molecular complexity index is 754. The molecule has 1 atom stereocenters. The highest BCUT2D eigenvalue weighted by atomic mass is 16.2. The Balaban J connectivity index is 2.01. The van der Waals surface area contributed by atoms with Crippen LogP contribution in [0.25, 0.3) is 10.8 Å². The number of hydrogen-bond acceptors (Lipinski definition) is 2. The number of nitrogens with one attached hydrogen (secondary N) is 1. The highest BCUT2D eigenvalue weighted by molar-refractivity contribution is 6.07. The van der Waals surface area contributed by atoms with Gasteiger partial charge in [0.05, 0.1) is 0 Å². The van der Waals surface area contributed by atoms with Crippen molar-refractivity contribution in [2.45, 2.75) is 26.3 Å². The maximum absolute atomic E-state index is 12.8. The number of fused-ring (bicyclic) bond motifs is 1. The summed E-state index contributed by atoms with van der Waals surface area (Å²) < 4.78 is 0. The topological polar surface area (TPSA) is 49.4 Å². The number of benzene rings is 2. The molecule has 1 aliphatic rings. The number of carbonyl (C=O) groups excluding carboxylic acids is 2. The second-order valence-corrected chi connectivity index (χ2v) is 6.43. The molecule has 114 valence electrons. The summed E-state index contributed by atoms with van der Waals surface area (Å²) in [5.41, 5.74) is -0.175. The van der Waals surface area contributed by atoms with Crippen LogP contribution in [0.2, 0.25) is 0 Å². The van der Waals surface area contributed by atoms with Crippen molar-refractivity contribution < 1.29 is 9.59 Å². The van der Waals surface area contributed by atoms with Gasteiger partial charge in [0.1, 0.15) is 5.54 Å². The van der Waals surface area contributed by atoms with Crippen molar-refractivity contribution >= 4 is 22.7 Å². The summed E-state index contributed by atoms with van der Waals surface area (Å²) in [4.78, 5) is 26.2. The van der Waals surface area contributed by atoms with Crippen LogP contribution < -0.4 is 5.32 Å². The van der Waals surface area contributed by atoms with Crippen LogP contribution in [0.5, 0.6) is 0 Å². The molecule has 4 heteroatoms. The molecule has 1 unspecified atom stereocenters. The lowest BCUT2D eigenvalue weighted by Crippen LogP contribution is -2.41. The molecule has 0 bridgehead atoms. The predicted molar refractivity (Wildman–Crippen MR) is 86.4 cm³/mol. The van der Waals surface area contributed by atoms with Crippen molar-refractivity contribution in [3.05, 3.63) is 48.0 Å². The average Bonchev–Trinajstić information content (AvgIpc) is 2.71. The monoisotopic (exact) mass is 296 g/mol. The van der Waals surface area contributed by atoms with Gasteiger partial charge in [-0.2, -0.15) is 0 Å². The number of carbonyl (C=O) groups is 2. The van der Waals surface area contributed by atoms with Gasteiger partial charge >= 0.3 is 6.03 Å².